The molecule has 144 valence electrons. The van der Waals surface area contributed by atoms with E-state index in [1.807, 2.05) is 37.2 Å². The molecule has 1 fully saturated rings. The molecule has 0 spiro atoms. The molecule has 4 rings (SSSR count). The summed E-state index contributed by atoms with van der Waals surface area (Å²) in [6.45, 7) is 0.669. The Morgan fingerprint density at radius 2 is 2.11 bits per heavy atom. The fraction of sp³-hybridized carbons (Fsp3) is 0.526. The van der Waals surface area contributed by atoms with Gasteiger partial charge in [0, 0.05) is 18.9 Å². The van der Waals surface area contributed by atoms with Crippen molar-refractivity contribution < 1.29 is 18.8 Å². The van der Waals surface area contributed by atoms with Crippen molar-refractivity contribution >= 4 is 5.91 Å². The number of hydrogen-bond acceptors (Lipinski definition) is 7. The van der Waals surface area contributed by atoms with E-state index in [0.29, 0.717) is 36.2 Å². The van der Waals surface area contributed by atoms with E-state index in [-0.39, 0.29) is 12.7 Å². The van der Waals surface area contributed by atoms with Crippen LogP contribution < -0.4 is 14.8 Å². The van der Waals surface area contributed by atoms with E-state index in [1.165, 1.54) is 6.42 Å². The van der Waals surface area contributed by atoms with Crippen molar-refractivity contribution in [1.82, 2.24) is 20.4 Å². The van der Waals surface area contributed by atoms with E-state index >= 15 is 0 Å². The Morgan fingerprint density at radius 3 is 2.85 bits per heavy atom. The molecule has 0 saturated heterocycles. The van der Waals surface area contributed by atoms with Crippen molar-refractivity contribution in [2.75, 3.05) is 27.4 Å². The average Bonchev–Trinajstić information content (AvgIpc) is 3.22. The number of likely N-dealkylation sites (N-methyl/N-ethyl adjacent to an activating group) is 1. The second kappa shape index (κ2) is 7.56. The number of carbonyl (C=O) groups is 1. The summed E-state index contributed by atoms with van der Waals surface area (Å²) in [5, 5.41) is 6.99. The predicted octanol–water partition coefficient (Wildman–Crippen LogP) is 2.03. The van der Waals surface area contributed by atoms with Gasteiger partial charge in [-0.15, -0.1) is 0 Å². The van der Waals surface area contributed by atoms with Gasteiger partial charge in [-0.25, -0.2) is 0 Å². The quantitative estimate of drug-likeness (QED) is 0.795. The molecule has 2 heterocycles. The molecule has 1 amide bonds. The summed E-state index contributed by atoms with van der Waals surface area (Å²) in [5.41, 5.74) is 0.855. The Morgan fingerprint density at radius 1 is 1.30 bits per heavy atom. The second-order valence-electron chi connectivity index (χ2n) is 7.20. The maximum atomic E-state index is 12.8. The Hall–Kier alpha value is -2.61. The van der Waals surface area contributed by atoms with Crippen molar-refractivity contribution in [3.8, 4) is 11.5 Å². The van der Waals surface area contributed by atoms with Gasteiger partial charge in [-0.1, -0.05) is 17.6 Å². The van der Waals surface area contributed by atoms with Crippen LogP contribution >= 0.6 is 0 Å². The summed E-state index contributed by atoms with van der Waals surface area (Å²) in [6, 6.07) is 5.16. The van der Waals surface area contributed by atoms with Crippen LogP contribution in [0.15, 0.2) is 22.7 Å². The van der Waals surface area contributed by atoms with Gasteiger partial charge in [-0.3, -0.25) is 9.69 Å². The van der Waals surface area contributed by atoms with Gasteiger partial charge in [-0.05, 0) is 44.6 Å². The van der Waals surface area contributed by atoms with Crippen LogP contribution in [0, 0.1) is 0 Å². The number of rotatable bonds is 7. The molecule has 27 heavy (non-hydrogen) atoms. The molecule has 1 aromatic carbocycles. The number of carbonyl (C=O) groups excluding carboxylic acids is 1. The number of fused-ring (bicyclic) bond motifs is 1. The molecule has 1 aliphatic carbocycles. The Kier molecular flexibility index (Phi) is 4.98. The van der Waals surface area contributed by atoms with Crippen LogP contribution in [0.1, 0.15) is 48.5 Å². The van der Waals surface area contributed by atoms with Gasteiger partial charge in [0.05, 0.1) is 0 Å². The standard InChI is InChI=1S/C19H24N4O4/c1-23(2)17(13-6-7-14-15(10-13)26-11-25-14)18(24)20-9-8-16-21-19(27-22-16)12-4-3-5-12/h6-7,10,12,17H,3-5,8-9,11H2,1-2H3,(H,20,24)/t17-/m0/s1. The van der Waals surface area contributed by atoms with E-state index in [1.54, 1.807) is 0 Å². The largest absolute Gasteiger partial charge is 0.454 e. The Bertz CT molecular complexity index is 816. The monoisotopic (exact) mass is 372 g/mol. The highest BCUT2D eigenvalue weighted by Crippen LogP contribution is 2.36. The van der Waals surface area contributed by atoms with Gasteiger partial charge < -0.3 is 19.3 Å². The zero-order valence-corrected chi connectivity index (χ0v) is 15.6. The van der Waals surface area contributed by atoms with E-state index < -0.39 is 6.04 Å². The van der Waals surface area contributed by atoms with Crippen LogP contribution in [-0.4, -0.2) is 48.4 Å². The normalized spacial score (nSPS) is 17.0. The molecule has 8 heteroatoms. The summed E-state index contributed by atoms with van der Waals surface area (Å²) in [7, 11) is 3.75. The summed E-state index contributed by atoms with van der Waals surface area (Å²) < 4.78 is 16.1. The first-order valence-corrected chi connectivity index (χ1v) is 9.28. The van der Waals surface area contributed by atoms with Gasteiger partial charge in [-0.2, -0.15) is 4.98 Å². The first kappa shape index (κ1) is 17.8. The van der Waals surface area contributed by atoms with E-state index in [0.717, 1.165) is 24.3 Å². The number of benzene rings is 1. The smallest absolute Gasteiger partial charge is 0.241 e. The molecule has 1 aliphatic heterocycles. The average molecular weight is 372 g/mol. The molecule has 1 atom stereocenters. The van der Waals surface area contributed by atoms with E-state index in [4.69, 9.17) is 14.0 Å². The fourth-order valence-electron chi connectivity index (χ4n) is 3.35. The second-order valence-corrected chi connectivity index (χ2v) is 7.20. The first-order valence-electron chi connectivity index (χ1n) is 9.28. The number of nitrogens with zero attached hydrogens (tertiary/aromatic N) is 3. The third-order valence-electron chi connectivity index (χ3n) is 5.06. The minimum Gasteiger partial charge on any atom is -0.454 e. The maximum Gasteiger partial charge on any atom is 0.241 e. The molecule has 1 saturated carbocycles. The molecular weight excluding hydrogens is 348 g/mol. The molecular formula is C19H24N4O4. The topological polar surface area (TPSA) is 89.7 Å². The third-order valence-corrected chi connectivity index (χ3v) is 5.06. The fourth-order valence-corrected chi connectivity index (χ4v) is 3.35. The van der Waals surface area contributed by atoms with Crippen LogP contribution in [0.2, 0.25) is 0 Å². The van der Waals surface area contributed by atoms with Gasteiger partial charge in [0.1, 0.15) is 6.04 Å². The van der Waals surface area contributed by atoms with Crippen molar-refractivity contribution in [2.24, 2.45) is 0 Å². The SMILES string of the molecule is CN(C)[C@H](C(=O)NCCc1noc(C2CCC2)n1)c1ccc2c(c1)OCO2. The number of nitrogens with one attached hydrogen (secondary N) is 1. The van der Waals surface area contributed by atoms with Crippen molar-refractivity contribution in [3.63, 3.8) is 0 Å². The van der Waals surface area contributed by atoms with Gasteiger partial charge in [0.2, 0.25) is 18.6 Å². The molecule has 2 aliphatic rings. The minimum absolute atomic E-state index is 0.0819. The summed E-state index contributed by atoms with van der Waals surface area (Å²) in [4.78, 5) is 19.1. The molecule has 0 radical (unpaired) electrons. The Balaban J connectivity index is 1.35. The minimum atomic E-state index is -0.421. The molecule has 1 N–H and O–H groups in total. The van der Waals surface area contributed by atoms with Crippen molar-refractivity contribution in [3.05, 3.63) is 35.5 Å². The molecule has 2 aromatic rings. The van der Waals surface area contributed by atoms with Crippen LogP contribution in [0.5, 0.6) is 11.5 Å². The molecule has 0 bridgehead atoms. The lowest BCUT2D eigenvalue weighted by Crippen LogP contribution is -2.38. The lowest BCUT2D eigenvalue weighted by atomic mass is 9.85. The van der Waals surface area contributed by atoms with E-state index in [9.17, 15) is 4.79 Å². The highest BCUT2D eigenvalue weighted by Gasteiger charge is 2.27. The zero-order valence-electron chi connectivity index (χ0n) is 15.6. The van der Waals surface area contributed by atoms with Crippen LogP contribution in [0.3, 0.4) is 0 Å². The van der Waals surface area contributed by atoms with Crippen LogP contribution in [0.25, 0.3) is 0 Å². The highest BCUT2D eigenvalue weighted by molar-refractivity contribution is 5.83. The molecule has 0 unspecified atom stereocenters. The maximum absolute atomic E-state index is 12.8. The van der Waals surface area contributed by atoms with Gasteiger partial charge >= 0.3 is 0 Å². The van der Waals surface area contributed by atoms with Gasteiger partial charge in [0.25, 0.3) is 0 Å². The van der Waals surface area contributed by atoms with Crippen LogP contribution in [-0.2, 0) is 11.2 Å². The molecule has 1 aromatic heterocycles. The third kappa shape index (κ3) is 3.75. The van der Waals surface area contributed by atoms with Crippen molar-refractivity contribution in [1.29, 1.82) is 0 Å². The van der Waals surface area contributed by atoms with Gasteiger partial charge in [0.15, 0.2) is 17.3 Å². The number of ether oxygens (including phenoxy) is 2. The lowest BCUT2D eigenvalue weighted by molar-refractivity contribution is -0.125. The molecule has 8 nitrogen and oxygen atoms in total. The number of amides is 1. The first-order chi connectivity index (χ1) is 13.1. The zero-order chi connectivity index (χ0) is 18.8. The van der Waals surface area contributed by atoms with Crippen molar-refractivity contribution in [2.45, 2.75) is 37.6 Å². The van der Waals surface area contributed by atoms with E-state index in [2.05, 4.69) is 15.5 Å². The summed E-state index contributed by atoms with van der Waals surface area (Å²) >= 11 is 0. The summed E-state index contributed by atoms with van der Waals surface area (Å²) in [6.07, 6.45) is 4.02. The number of hydrogen-bond donors (Lipinski definition) is 1. The lowest BCUT2D eigenvalue weighted by Gasteiger charge is -2.24. The highest BCUT2D eigenvalue weighted by atomic mass is 16.7. The number of aromatic nitrogens is 2. The Labute approximate surface area is 157 Å². The summed E-state index contributed by atoms with van der Waals surface area (Å²) in [5.74, 6) is 3.08. The van der Waals surface area contributed by atoms with Crippen LogP contribution in [0.4, 0.5) is 0 Å². The predicted molar refractivity (Wildman–Crippen MR) is 96.6 cm³/mol.